The molecule has 0 aromatic rings. The molecule has 0 bridgehead atoms. The summed E-state index contributed by atoms with van der Waals surface area (Å²) in [4.78, 5) is 13.4. The molecule has 0 aliphatic heterocycles. The molecule has 8 heavy (non-hydrogen) atoms. The van der Waals surface area contributed by atoms with Crippen LogP contribution in [0.5, 0.6) is 0 Å². The van der Waals surface area contributed by atoms with Crippen LogP contribution in [0.2, 0.25) is 0 Å². The minimum absolute atomic E-state index is 0.493. The highest BCUT2D eigenvalue weighted by Crippen LogP contribution is 2.41. The molecule has 2 nitrogen and oxygen atoms in total. The van der Waals surface area contributed by atoms with Crippen molar-refractivity contribution in [1.82, 2.24) is 0 Å². The fraction of sp³-hybridized carbons (Fsp3) is 0.600. The Morgan fingerprint density at radius 3 is 2.25 bits per heavy atom. The third-order valence-corrected chi connectivity index (χ3v) is 1.66. The molecule has 0 radical (unpaired) electrons. The molecule has 0 atom stereocenters. The van der Waals surface area contributed by atoms with E-state index >= 15 is 0 Å². The van der Waals surface area contributed by atoms with Crippen molar-refractivity contribution in [2.75, 3.05) is 0 Å². The highest BCUT2D eigenvalue weighted by atomic mass is 35.5. The number of hydrogen-bond acceptors (Lipinski definition) is 1. The first-order valence-corrected chi connectivity index (χ1v) is 2.68. The number of hydrogen-bond donors (Lipinski definition) is 0. The second-order valence-electron chi connectivity index (χ2n) is 1.92. The first kappa shape index (κ1) is 5.58. The first-order valence-electron chi connectivity index (χ1n) is 2.30. The summed E-state index contributed by atoms with van der Waals surface area (Å²) in [6.45, 7) is 6.52. The van der Waals surface area contributed by atoms with Crippen molar-refractivity contribution in [2.24, 2.45) is 0 Å². The zero-order valence-corrected chi connectivity index (χ0v) is 4.90. The summed E-state index contributed by atoms with van der Waals surface area (Å²) in [5, 5.41) is -0.493. The Kier molecular flexibility index (Phi) is 1.02. The molecule has 0 heterocycles. The number of rotatable bonds is 1. The molecule has 1 fully saturated rings. The maximum absolute atomic E-state index is 10.3. The van der Waals surface area contributed by atoms with Gasteiger partial charge in [-0.1, -0.05) is 0 Å². The predicted molar refractivity (Wildman–Crippen MR) is 29.4 cm³/mol. The maximum Gasteiger partial charge on any atom is 0.306 e. The van der Waals surface area contributed by atoms with Crippen molar-refractivity contribution in [3.63, 3.8) is 0 Å². The van der Waals surface area contributed by atoms with Gasteiger partial charge in [-0.15, -0.1) is 0 Å². The van der Waals surface area contributed by atoms with Crippen molar-refractivity contribution in [3.05, 3.63) is 11.4 Å². The topological polar surface area (TPSA) is 21.4 Å². The summed E-state index contributed by atoms with van der Waals surface area (Å²) in [5.74, 6) is 0. The second kappa shape index (κ2) is 1.46. The van der Waals surface area contributed by atoms with Gasteiger partial charge >= 0.3 is 10.8 Å². The Balaban J connectivity index is 2.71. The van der Waals surface area contributed by atoms with Crippen LogP contribution in [0.25, 0.3) is 4.85 Å². The van der Waals surface area contributed by atoms with Crippen LogP contribution in [0.3, 0.4) is 0 Å². The second-order valence-corrected chi connectivity index (χ2v) is 2.26. The van der Waals surface area contributed by atoms with Gasteiger partial charge < -0.3 is 4.85 Å². The number of halogens is 1. The van der Waals surface area contributed by atoms with Crippen LogP contribution in [-0.2, 0) is 4.79 Å². The predicted octanol–water partition coefficient (Wildman–Crippen LogP) is 1.20. The molecule has 1 saturated carbocycles. The van der Waals surface area contributed by atoms with E-state index in [9.17, 15) is 4.79 Å². The minimum Gasteiger partial charge on any atom is -0.301 e. The van der Waals surface area contributed by atoms with Crippen molar-refractivity contribution in [2.45, 2.75) is 18.4 Å². The van der Waals surface area contributed by atoms with Crippen LogP contribution in [0.1, 0.15) is 12.8 Å². The van der Waals surface area contributed by atoms with E-state index in [0.29, 0.717) is 12.8 Å². The van der Waals surface area contributed by atoms with Crippen molar-refractivity contribution < 1.29 is 4.79 Å². The number of nitrogens with zero attached hydrogens (tertiary/aromatic N) is 1. The minimum atomic E-state index is -0.790. The summed E-state index contributed by atoms with van der Waals surface area (Å²) in [6.07, 6.45) is 1.30. The normalized spacial score (nSPS) is 21.5. The van der Waals surface area contributed by atoms with E-state index in [0.717, 1.165) is 0 Å². The summed E-state index contributed by atoms with van der Waals surface area (Å²) in [7, 11) is 0. The van der Waals surface area contributed by atoms with Gasteiger partial charge in [-0.3, -0.25) is 4.79 Å². The van der Waals surface area contributed by atoms with Crippen LogP contribution < -0.4 is 0 Å². The van der Waals surface area contributed by atoms with E-state index in [1.165, 1.54) is 0 Å². The van der Waals surface area contributed by atoms with Gasteiger partial charge in [0.2, 0.25) is 0 Å². The molecule has 0 unspecified atom stereocenters. The van der Waals surface area contributed by atoms with Gasteiger partial charge in [0.25, 0.3) is 0 Å². The smallest absolute Gasteiger partial charge is 0.301 e. The molecule has 1 rings (SSSR count). The van der Waals surface area contributed by atoms with E-state index in [4.69, 9.17) is 18.2 Å². The molecule has 0 aromatic heterocycles. The Bertz CT molecular complexity index is 166. The highest BCUT2D eigenvalue weighted by Gasteiger charge is 2.57. The van der Waals surface area contributed by atoms with Gasteiger partial charge in [-0.25, -0.2) is 6.57 Å². The van der Waals surface area contributed by atoms with Crippen LogP contribution in [0.15, 0.2) is 0 Å². The molecule has 1 aliphatic carbocycles. The molecule has 1 aliphatic rings. The molecule has 42 valence electrons. The van der Waals surface area contributed by atoms with Gasteiger partial charge in [0.15, 0.2) is 0 Å². The zero-order valence-electron chi connectivity index (χ0n) is 4.15. The van der Waals surface area contributed by atoms with Gasteiger partial charge in [-0.2, -0.15) is 0 Å². The fourth-order valence-corrected chi connectivity index (χ4v) is 0.702. The Morgan fingerprint density at radius 2 is 2.25 bits per heavy atom. The van der Waals surface area contributed by atoms with Crippen molar-refractivity contribution in [3.8, 4) is 0 Å². The van der Waals surface area contributed by atoms with Crippen molar-refractivity contribution >= 4 is 16.8 Å². The SMILES string of the molecule is [C-]#[N+]C1(C(=O)Cl)CC1. The lowest BCUT2D eigenvalue weighted by Crippen LogP contribution is -2.10. The quantitative estimate of drug-likeness (QED) is 0.385. The molecule has 0 N–H and O–H groups in total. The van der Waals surface area contributed by atoms with Crippen LogP contribution in [0, 0.1) is 6.57 Å². The summed E-state index contributed by atoms with van der Waals surface area (Å²) < 4.78 is 0. The van der Waals surface area contributed by atoms with E-state index in [2.05, 4.69) is 4.85 Å². The third-order valence-electron chi connectivity index (χ3n) is 1.30. The molecular weight excluding hydrogens is 126 g/mol. The number of carbonyl (C=O) groups is 1. The lowest BCUT2D eigenvalue weighted by atomic mass is 10.3. The van der Waals surface area contributed by atoms with E-state index < -0.39 is 10.8 Å². The highest BCUT2D eigenvalue weighted by molar-refractivity contribution is 6.66. The largest absolute Gasteiger partial charge is 0.306 e. The first-order chi connectivity index (χ1) is 3.71. The van der Waals surface area contributed by atoms with Gasteiger partial charge in [0.05, 0.1) is 0 Å². The lowest BCUT2D eigenvalue weighted by molar-refractivity contribution is -0.112. The molecule has 0 aromatic carbocycles. The Hall–Kier alpha value is -0.550. The van der Waals surface area contributed by atoms with Crippen molar-refractivity contribution in [1.29, 1.82) is 0 Å². The average Bonchev–Trinajstić information content (AvgIpc) is 2.44. The molecule has 0 amide bonds. The van der Waals surface area contributed by atoms with E-state index in [1.54, 1.807) is 0 Å². The summed E-state index contributed by atoms with van der Waals surface area (Å²) in [5.41, 5.74) is -0.790. The molecular formula is C5H4ClNO. The molecule has 3 heteroatoms. The van der Waals surface area contributed by atoms with Crippen LogP contribution >= 0.6 is 11.6 Å². The average molecular weight is 130 g/mol. The lowest BCUT2D eigenvalue weighted by Gasteiger charge is -1.87. The standard InChI is InChI=1S/C5H4ClNO/c1-7-5(2-3-5)4(6)8/h2-3H2. The maximum atomic E-state index is 10.3. The summed E-state index contributed by atoms with van der Waals surface area (Å²) >= 11 is 5.08. The van der Waals surface area contributed by atoms with Crippen LogP contribution in [0.4, 0.5) is 0 Å². The fourth-order valence-electron chi connectivity index (χ4n) is 0.471. The Labute approximate surface area is 52.3 Å². The van der Waals surface area contributed by atoms with Crippen LogP contribution in [-0.4, -0.2) is 10.8 Å². The van der Waals surface area contributed by atoms with Gasteiger partial charge in [0.1, 0.15) is 0 Å². The van der Waals surface area contributed by atoms with Gasteiger partial charge in [0, 0.05) is 12.8 Å². The zero-order chi connectivity index (χ0) is 6.20. The van der Waals surface area contributed by atoms with E-state index in [-0.39, 0.29) is 0 Å². The van der Waals surface area contributed by atoms with E-state index in [1.807, 2.05) is 0 Å². The van der Waals surface area contributed by atoms with Gasteiger partial charge in [-0.05, 0) is 11.6 Å². The summed E-state index contributed by atoms with van der Waals surface area (Å²) in [6, 6.07) is 0. The Morgan fingerprint density at radius 1 is 1.75 bits per heavy atom. The monoisotopic (exact) mass is 129 g/mol. The molecule has 0 spiro atoms. The number of carbonyl (C=O) groups excluding carboxylic acids is 1. The third kappa shape index (κ3) is 0.597. The molecule has 0 saturated heterocycles.